The van der Waals surface area contributed by atoms with Crippen molar-refractivity contribution in [1.82, 2.24) is 0 Å². The maximum atomic E-state index is 13.2. The van der Waals surface area contributed by atoms with Gasteiger partial charge >= 0.3 is 5.97 Å². The molecule has 3 rings (SSSR count). The topological polar surface area (TPSA) is 76.1 Å². The quantitative estimate of drug-likeness (QED) is 0.634. The average molecular weight is 379 g/mol. The number of anilines is 1. The molecule has 2 aromatic rings. The molecule has 0 fully saturated rings. The molecule has 1 N–H and O–H groups in total. The standard InChI is InChI=1S/C22H21NO5/c1-4-28-22(26)20-14(2)23(16-7-11-18(27-3)12-8-16)21(25)19(20)13-15-5-9-17(24)10-6-15/h5-13,24H,4H2,1-3H3/b19-13-. The van der Waals surface area contributed by atoms with Crippen LogP contribution in [-0.4, -0.2) is 30.7 Å². The molecule has 1 aliphatic rings. The van der Waals surface area contributed by atoms with Crippen molar-refractivity contribution >= 4 is 23.6 Å². The summed E-state index contributed by atoms with van der Waals surface area (Å²) in [6.07, 6.45) is 1.63. The Labute approximate surface area is 163 Å². The van der Waals surface area contributed by atoms with Crippen molar-refractivity contribution in [2.75, 3.05) is 18.6 Å². The van der Waals surface area contributed by atoms with E-state index in [1.807, 2.05) is 0 Å². The van der Waals surface area contributed by atoms with Gasteiger partial charge in [0.15, 0.2) is 0 Å². The van der Waals surface area contributed by atoms with Crippen LogP contribution in [0.5, 0.6) is 11.5 Å². The Balaban J connectivity index is 2.09. The third-order valence-corrected chi connectivity index (χ3v) is 4.41. The number of carbonyl (C=O) groups excluding carboxylic acids is 2. The lowest BCUT2D eigenvalue weighted by Gasteiger charge is -2.18. The molecule has 144 valence electrons. The molecule has 1 heterocycles. The molecule has 28 heavy (non-hydrogen) atoms. The molecule has 0 aliphatic carbocycles. The third kappa shape index (κ3) is 3.62. The Morgan fingerprint density at radius 1 is 1.11 bits per heavy atom. The summed E-state index contributed by atoms with van der Waals surface area (Å²) in [7, 11) is 1.57. The summed E-state index contributed by atoms with van der Waals surface area (Å²) in [4.78, 5) is 27.2. The first-order valence-electron chi connectivity index (χ1n) is 8.84. The van der Waals surface area contributed by atoms with E-state index < -0.39 is 5.97 Å². The summed E-state index contributed by atoms with van der Waals surface area (Å²) in [5, 5.41) is 9.47. The minimum atomic E-state index is -0.547. The second kappa shape index (κ2) is 8.00. The van der Waals surface area contributed by atoms with Crippen LogP contribution >= 0.6 is 0 Å². The molecule has 2 aromatic carbocycles. The summed E-state index contributed by atoms with van der Waals surface area (Å²) in [5.41, 5.74) is 2.29. The molecule has 0 saturated heterocycles. The van der Waals surface area contributed by atoms with E-state index in [1.54, 1.807) is 63.4 Å². The van der Waals surface area contributed by atoms with Crippen LogP contribution < -0.4 is 9.64 Å². The zero-order valence-electron chi connectivity index (χ0n) is 15.9. The second-order valence-corrected chi connectivity index (χ2v) is 6.17. The van der Waals surface area contributed by atoms with Crippen LogP contribution in [0.2, 0.25) is 0 Å². The molecule has 0 unspecified atom stereocenters. The van der Waals surface area contributed by atoms with Crippen LogP contribution in [0.4, 0.5) is 5.69 Å². The van der Waals surface area contributed by atoms with E-state index >= 15 is 0 Å². The Hall–Kier alpha value is -3.54. The number of hydrogen-bond acceptors (Lipinski definition) is 5. The first-order chi connectivity index (χ1) is 13.5. The zero-order valence-corrected chi connectivity index (χ0v) is 15.9. The highest BCUT2D eigenvalue weighted by Gasteiger charge is 2.38. The number of benzene rings is 2. The molecule has 0 bridgehead atoms. The number of methoxy groups -OCH3 is 1. The number of rotatable bonds is 5. The average Bonchev–Trinajstić information content (AvgIpc) is 2.93. The van der Waals surface area contributed by atoms with Crippen molar-refractivity contribution < 1.29 is 24.2 Å². The summed E-state index contributed by atoms with van der Waals surface area (Å²) < 4.78 is 10.3. The van der Waals surface area contributed by atoms with Gasteiger partial charge in [-0.15, -0.1) is 0 Å². The van der Waals surface area contributed by atoms with Gasteiger partial charge in [0.25, 0.3) is 5.91 Å². The number of ether oxygens (including phenoxy) is 2. The highest BCUT2D eigenvalue weighted by molar-refractivity contribution is 6.23. The van der Waals surface area contributed by atoms with E-state index in [-0.39, 0.29) is 29.4 Å². The Bertz CT molecular complexity index is 955. The summed E-state index contributed by atoms with van der Waals surface area (Å²) in [6.45, 7) is 3.64. The second-order valence-electron chi connectivity index (χ2n) is 6.17. The molecule has 0 radical (unpaired) electrons. The Morgan fingerprint density at radius 2 is 1.75 bits per heavy atom. The SMILES string of the molecule is CCOC(=O)C1=C(C)N(c2ccc(OC)cc2)C(=O)/C1=C\c1ccc(O)cc1. The van der Waals surface area contributed by atoms with Gasteiger partial charge in [-0.1, -0.05) is 12.1 Å². The maximum Gasteiger partial charge on any atom is 0.340 e. The van der Waals surface area contributed by atoms with Crippen molar-refractivity contribution in [3.05, 3.63) is 70.9 Å². The molecular weight excluding hydrogens is 358 g/mol. The van der Waals surface area contributed by atoms with Gasteiger partial charge in [0.05, 0.1) is 24.9 Å². The van der Waals surface area contributed by atoms with Gasteiger partial charge in [-0.3, -0.25) is 9.69 Å². The lowest BCUT2D eigenvalue weighted by atomic mass is 10.0. The van der Waals surface area contributed by atoms with E-state index in [0.29, 0.717) is 22.7 Å². The summed E-state index contributed by atoms with van der Waals surface area (Å²) >= 11 is 0. The molecule has 0 aromatic heterocycles. The van der Waals surface area contributed by atoms with Crippen molar-refractivity contribution in [2.45, 2.75) is 13.8 Å². The number of hydrogen-bond donors (Lipinski definition) is 1. The normalized spacial score (nSPS) is 15.3. The fourth-order valence-corrected chi connectivity index (χ4v) is 3.06. The predicted molar refractivity (Wildman–Crippen MR) is 106 cm³/mol. The monoisotopic (exact) mass is 379 g/mol. The van der Waals surface area contributed by atoms with E-state index in [2.05, 4.69) is 0 Å². The highest BCUT2D eigenvalue weighted by atomic mass is 16.5. The number of phenols is 1. The van der Waals surface area contributed by atoms with Crippen LogP contribution in [0.3, 0.4) is 0 Å². The number of nitrogens with zero attached hydrogens (tertiary/aromatic N) is 1. The van der Waals surface area contributed by atoms with Crippen LogP contribution in [0.15, 0.2) is 65.4 Å². The van der Waals surface area contributed by atoms with Gasteiger partial charge in [-0.2, -0.15) is 0 Å². The number of allylic oxidation sites excluding steroid dienone is 1. The van der Waals surface area contributed by atoms with E-state index in [0.717, 1.165) is 0 Å². The molecule has 1 amide bonds. The lowest BCUT2D eigenvalue weighted by molar-refractivity contribution is -0.138. The van der Waals surface area contributed by atoms with Crippen LogP contribution in [-0.2, 0) is 14.3 Å². The molecule has 0 atom stereocenters. The van der Waals surface area contributed by atoms with Crippen LogP contribution in [0, 0.1) is 0 Å². The fourth-order valence-electron chi connectivity index (χ4n) is 3.06. The van der Waals surface area contributed by atoms with Gasteiger partial charge in [0.2, 0.25) is 0 Å². The number of phenolic OH excluding ortho intramolecular Hbond substituents is 1. The van der Waals surface area contributed by atoms with Gasteiger partial charge < -0.3 is 14.6 Å². The molecule has 0 spiro atoms. The maximum absolute atomic E-state index is 13.2. The Morgan fingerprint density at radius 3 is 2.32 bits per heavy atom. The van der Waals surface area contributed by atoms with Crippen molar-refractivity contribution in [3.63, 3.8) is 0 Å². The molecule has 6 nitrogen and oxygen atoms in total. The molecule has 6 heteroatoms. The fraction of sp³-hybridized carbons (Fsp3) is 0.182. The zero-order chi connectivity index (χ0) is 20.3. The first kappa shape index (κ1) is 19.2. The highest BCUT2D eigenvalue weighted by Crippen LogP contribution is 2.36. The Kier molecular flexibility index (Phi) is 5.49. The molecule has 1 aliphatic heterocycles. The molecule has 0 saturated carbocycles. The first-order valence-corrected chi connectivity index (χ1v) is 8.84. The smallest absolute Gasteiger partial charge is 0.340 e. The largest absolute Gasteiger partial charge is 0.508 e. The number of esters is 1. The minimum absolute atomic E-state index is 0.122. The minimum Gasteiger partial charge on any atom is -0.508 e. The van der Waals surface area contributed by atoms with Gasteiger partial charge in [0, 0.05) is 11.4 Å². The predicted octanol–water partition coefficient (Wildman–Crippen LogP) is 3.67. The summed E-state index contributed by atoms with van der Waals surface area (Å²) in [5.74, 6) is -0.0761. The van der Waals surface area contributed by atoms with Crippen LogP contribution in [0.1, 0.15) is 19.4 Å². The number of amides is 1. The van der Waals surface area contributed by atoms with Crippen molar-refractivity contribution in [1.29, 1.82) is 0 Å². The van der Waals surface area contributed by atoms with Gasteiger partial charge in [0.1, 0.15) is 11.5 Å². The lowest BCUT2D eigenvalue weighted by Crippen LogP contribution is -2.24. The third-order valence-electron chi connectivity index (χ3n) is 4.41. The number of aromatic hydroxyl groups is 1. The van der Waals surface area contributed by atoms with Gasteiger partial charge in [-0.05, 0) is 61.9 Å². The molecular formula is C22H21NO5. The van der Waals surface area contributed by atoms with E-state index in [4.69, 9.17) is 9.47 Å². The summed E-state index contributed by atoms with van der Waals surface area (Å²) in [6, 6.07) is 13.4. The van der Waals surface area contributed by atoms with Crippen LogP contribution in [0.25, 0.3) is 6.08 Å². The number of carbonyl (C=O) groups is 2. The van der Waals surface area contributed by atoms with E-state index in [1.165, 1.54) is 17.0 Å². The van der Waals surface area contributed by atoms with Gasteiger partial charge in [-0.25, -0.2) is 4.79 Å². The van der Waals surface area contributed by atoms with Crippen molar-refractivity contribution in [3.8, 4) is 11.5 Å². The van der Waals surface area contributed by atoms with E-state index in [9.17, 15) is 14.7 Å². The van der Waals surface area contributed by atoms with Crippen molar-refractivity contribution in [2.24, 2.45) is 0 Å².